The van der Waals surface area contributed by atoms with Crippen LogP contribution in [0.1, 0.15) is 30.6 Å². The van der Waals surface area contributed by atoms with Crippen molar-refractivity contribution in [1.82, 2.24) is 5.32 Å². The lowest BCUT2D eigenvalue weighted by Gasteiger charge is -2.20. The van der Waals surface area contributed by atoms with E-state index in [1.807, 2.05) is 0 Å². The first-order chi connectivity index (χ1) is 8.88. The summed E-state index contributed by atoms with van der Waals surface area (Å²) in [5.41, 5.74) is -0.505. The van der Waals surface area contributed by atoms with E-state index < -0.39 is 35.1 Å². The molecular formula is C13H15F2NO3. The molecule has 0 bridgehead atoms. The zero-order chi connectivity index (χ0) is 14.6. The molecule has 0 aliphatic heterocycles. The lowest BCUT2D eigenvalue weighted by molar-refractivity contribution is -0.140. The number of nitrogens with one attached hydrogen (secondary N) is 1. The Morgan fingerprint density at radius 1 is 1.37 bits per heavy atom. The number of rotatable bonds is 5. The van der Waals surface area contributed by atoms with Crippen molar-refractivity contribution in [1.29, 1.82) is 0 Å². The summed E-state index contributed by atoms with van der Waals surface area (Å²) in [6.07, 6.45) is 0.531. The van der Waals surface area contributed by atoms with E-state index in [2.05, 4.69) is 5.32 Å². The number of carboxylic acids is 1. The van der Waals surface area contributed by atoms with E-state index >= 15 is 0 Å². The van der Waals surface area contributed by atoms with Crippen molar-refractivity contribution in [2.24, 2.45) is 5.92 Å². The molecule has 4 nitrogen and oxygen atoms in total. The van der Waals surface area contributed by atoms with E-state index in [4.69, 9.17) is 5.11 Å². The van der Waals surface area contributed by atoms with Crippen LogP contribution in [0.15, 0.2) is 18.2 Å². The fourth-order valence-electron chi connectivity index (χ4n) is 1.58. The van der Waals surface area contributed by atoms with Gasteiger partial charge in [-0.15, -0.1) is 0 Å². The molecule has 1 rings (SSSR count). The molecule has 1 aromatic rings. The summed E-state index contributed by atoms with van der Waals surface area (Å²) >= 11 is 0. The number of halogens is 2. The molecule has 0 spiro atoms. The minimum atomic E-state index is -1.28. The van der Waals surface area contributed by atoms with Gasteiger partial charge in [-0.2, -0.15) is 0 Å². The van der Waals surface area contributed by atoms with Crippen LogP contribution >= 0.6 is 0 Å². The molecule has 0 saturated carbocycles. The van der Waals surface area contributed by atoms with Crippen molar-refractivity contribution in [2.45, 2.75) is 26.3 Å². The smallest absolute Gasteiger partial charge is 0.326 e. The molecule has 0 aromatic heterocycles. The second-order valence-corrected chi connectivity index (χ2v) is 4.28. The zero-order valence-electron chi connectivity index (χ0n) is 10.6. The van der Waals surface area contributed by atoms with Gasteiger partial charge in [-0.25, -0.2) is 13.6 Å². The van der Waals surface area contributed by atoms with Crippen molar-refractivity contribution in [3.63, 3.8) is 0 Å². The van der Waals surface area contributed by atoms with Crippen molar-refractivity contribution >= 4 is 11.9 Å². The Labute approximate surface area is 109 Å². The number of amides is 1. The van der Waals surface area contributed by atoms with Gasteiger partial charge in [-0.1, -0.05) is 26.3 Å². The molecule has 1 unspecified atom stereocenters. The molecule has 104 valence electrons. The first kappa shape index (κ1) is 15.1. The van der Waals surface area contributed by atoms with Gasteiger partial charge in [0.25, 0.3) is 5.91 Å². The van der Waals surface area contributed by atoms with Gasteiger partial charge >= 0.3 is 5.97 Å². The quantitative estimate of drug-likeness (QED) is 0.862. The fourth-order valence-corrected chi connectivity index (χ4v) is 1.58. The van der Waals surface area contributed by atoms with Gasteiger partial charge in [0.2, 0.25) is 0 Å². The number of carbonyl (C=O) groups excluding carboxylic acids is 1. The maximum Gasteiger partial charge on any atom is 0.326 e. The molecule has 6 heteroatoms. The highest BCUT2D eigenvalue weighted by Gasteiger charge is 2.27. The van der Waals surface area contributed by atoms with Gasteiger partial charge in [-0.05, 0) is 18.1 Å². The van der Waals surface area contributed by atoms with Gasteiger partial charge in [0.1, 0.15) is 6.04 Å². The van der Waals surface area contributed by atoms with Crippen LogP contribution in [0.2, 0.25) is 0 Å². The summed E-state index contributed by atoms with van der Waals surface area (Å²) in [6.45, 7) is 3.43. The summed E-state index contributed by atoms with van der Waals surface area (Å²) in [5, 5.41) is 11.2. The topological polar surface area (TPSA) is 66.4 Å². The van der Waals surface area contributed by atoms with Crippen LogP contribution in [-0.4, -0.2) is 23.0 Å². The maximum absolute atomic E-state index is 13.4. The minimum absolute atomic E-state index is 0.321. The Kier molecular flexibility index (Phi) is 4.97. The van der Waals surface area contributed by atoms with E-state index in [1.54, 1.807) is 13.8 Å². The van der Waals surface area contributed by atoms with Crippen LogP contribution in [0.4, 0.5) is 8.78 Å². The van der Waals surface area contributed by atoms with Gasteiger partial charge < -0.3 is 10.4 Å². The highest BCUT2D eigenvalue weighted by Crippen LogP contribution is 2.13. The van der Waals surface area contributed by atoms with Crippen molar-refractivity contribution in [3.8, 4) is 0 Å². The Bertz CT molecular complexity index is 491. The SMILES string of the molecule is CCC(C)[C@H](NC(=O)c1cccc(F)c1F)C(=O)O. The van der Waals surface area contributed by atoms with E-state index in [-0.39, 0.29) is 5.92 Å². The number of hydrogen-bond acceptors (Lipinski definition) is 2. The molecule has 2 atom stereocenters. The number of hydrogen-bond donors (Lipinski definition) is 2. The Morgan fingerprint density at radius 2 is 2.00 bits per heavy atom. The Hall–Kier alpha value is -1.98. The molecule has 0 fully saturated rings. The van der Waals surface area contributed by atoms with Gasteiger partial charge in [-0.3, -0.25) is 4.79 Å². The van der Waals surface area contributed by atoms with E-state index in [0.29, 0.717) is 6.42 Å². The molecule has 0 heterocycles. The third-order valence-electron chi connectivity index (χ3n) is 2.96. The normalized spacial score (nSPS) is 13.7. The van der Waals surface area contributed by atoms with Gasteiger partial charge in [0, 0.05) is 0 Å². The van der Waals surface area contributed by atoms with Crippen molar-refractivity contribution < 1.29 is 23.5 Å². The predicted molar refractivity (Wildman–Crippen MR) is 64.7 cm³/mol. The highest BCUT2D eigenvalue weighted by atomic mass is 19.2. The van der Waals surface area contributed by atoms with E-state index in [9.17, 15) is 18.4 Å². The Morgan fingerprint density at radius 3 is 2.53 bits per heavy atom. The average molecular weight is 271 g/mol. The van der Waals surface area contributed by atoms with Crippen LogP contribution in [0.25, 0.3) is 0 Å². The zero-order valence-corrected chi connectivity index (χ0v) is 10.6. The van der Waals surface area contributed by atoms with Crippen molar-refractivity contribution in [3.05, 3.63) is 35.4 Å². The number of benzene rings is 1. The summed E-state index contributed by atoms with van der Waals surface area (Å²) in [7, 11) is 0. The van der Waals surface area contributed by atoms with Crippen molar-refractivity contribution in [2.75, 3.05) is 0 Å². The summed E-state index contributed by atoms with van der Waals surface area (Å²) < 4.78 is 26.4. The first-order valence-electron chi connectivity index (χ1n) is 5.86. The summed E-state index contributed by atoms with van der Waals surface area (Å²) in [6, 6.07) is 2.03. The highest BCUT2D eigenvalue weighted by molar-refractivity contribution is 5.96. The minimum Gasteiger partial charge on any atom is -0.480 e. The van der Waals surface area contributed by atoms with Gasteiger partial charge in [0.15, 0.2) is 11.6 Å². The van der Waals surface area contributed by atoms with Crippen LogP contribution in [-0.2, 0) is 4.79 Å². The van der Waals surface area contributed by atoms with E-state index in [0.717, 1.165) is 12.1 Å². The molecule has 1 amide bonds. The summed E-state index contributed by atoms with van der Waals surface area (Å²) in [4.78, 5) is 22.8. The van der Waals surface area contributed by atoms with Crippen LogP contribution in [0.5, 0.6) is 0 Å². The average Bonchev–Trinajstić information content (AvgIpc) is 2.37. The van der Waals surface area contributed by atoms with E-state index in [1.165, 1.54) is 6.07 Å². The number of aliphatic carboxylic acids is 1. The standard InChI is InChI=1S/C13H15F2NO3/c1-3-7(2)11(13(18)19)16-12(17)8-5-4-6-9(14)10(8)15/h4-7,11H,3H2,1-2H3,(H,16,17)(H,18,19)/t7?,11-/m0/s1. The predicted octanol–water partition coefficient (Wildman–Crippen LogP) is 2.19. The summed E-state index contributed by atoms with van der Waals surface area (Å²) in [5.74, 6) is -4.90. The number of carboxylic acid groups (broad SMARTS) is 1. The van der Waals surface area contributed by atoms with Gasteiger partial charge in [0.05, 0.1) is 5.56 Å². The third kappa shape index (κ3) is 3.49. The second kappa shape index (κ2) is 6.26. The lowest BCUT2D eigenvalue weighted by Crippen LogP contribution is -2.45. The molecule has 0 saturated heterocycles. The molecule has 0 aliphatic rings. The number of carbonyl (C=O) groups is 2. The lowest BCUT2D eigenvalue weighted by atomic mass is 9.99. The fraction of sp³-hybridized carbons (Fsp3) is 0.385. The largest absolute Gasteiger partial charge is 0.480 e. The first-order valence-corrected chi connectivity index (χ1v) is 5.86. The van der Waals surface area contributed by atoms with Crippen LogP contribution in [0, 0.1) is 17.6 Å². The molecular weight excluding hydrogens is 256 g/mol. The Balaban J connectivity index is 2.94. The van der Waals surface area contributed by atoms with Crippen LogP contribution in [0.3, 0.4) is 0 Å². The molecule has 19 heavy (non-hydrogen) atoms. The monoisotopic (exact) mass is 271 g/mol. The van der Waals surface area contributed by atoms with Crippen LogP contribution < -0.4 is 5.32 Å². The second-order valence-electron chi connectivity index (χ2n) is 4.28. The molecule has 1 aromatic carbocycles. The molecule has 0 aliphatic carbocycles. The maximum atomic E-state index is 13.4. The molecule has 2 N–H and O–H groups in total. The third-order valence-corrected chi connectivity index (χ3v) is 2.96. The molecule has 0 radical (unpaired) electrons.